The van der Waals surface area contributed by atoms with Crippen molar-refractivity contribution in [3.05, 3.63) is 20.8 Å². The molecule has 2 rings (SSSR count). The largest absolute Gasteiger partial charge is 0.383 e. The number of thiophene rings is 1. The highest BCUT2D eigenvalue weighted by Crippen LogP contribution is 2.41. The number of nitrogens with zero attached hydrogens (tertiary/aromatic N) is 1. The number of aliphatic hydroxyl groups is 1. The third kappa shape index (κ3) is 1.65. The van der Waals surface area contributed by atoms with Crippen LogP contribution in [-0.2, 0) is 5.60 Å². The van der Waals surface area contributed by atoms with Gasteiger partial charge in [-0.05, 0) is 47.8 Å². The van der Waals surface area contributed by atoms with E-state index < -0.39 is 5.60 Å². The van der Waals surface area contributed by atoms with Gasteiger partial charge in [-0.2, -0.15) is 0 Å². The average molecular weight is 276 g/mol. The van der Waals surface area contributed by atoms with Gasteiger partial charge in [0.05, 0.1) is 4.88 Å². The van der Waals surface area contributed by atoms with Gasteiger partial charge in [-0.25, -0.2) is 0 Å². The van der Waals surface area contributed by atoms with Crippen LogP contribution in [0, 0.1) is 0 Å². The van der Waals surface area contributed by atoms with Gasteiger partial charge in [0.1, 0.15) is 5.60 Å². The van der Waals surface area contributed by atoms with E-state index in [1.807, 2.05) is 11.4 Å². The van der Waals surface area contributed by atoms with Crippen molar-refractivity contribution < 1.29 is 5.11 Å². The Balaban J connectivity index is 2.31. The molecule has 2 atom stereocenters. The highest BCUT2D eigenvalue weighted by atomic mass is 79.9. The van der Waals surface area contributed by atoms with E-state index in [4.69, 9.17) is 0 Å². The van der Waals surface area contributed by atoms with E-state index in [-0.39, 0.29) is 0 Å². The van der Waals surface area contributed by atoms with Gasteiger partial charge in [-0.3, -0.25) is 0 Å². The Morgan fingerprint density at radius 1 is 1.71 bits per heavy atom. The zero-order chi connectivity index (χ0) is 10.3. The predicted octanol–water partition coefficient (Wildman–Crippen LogP) is 2.42. The van der Waals surface area contributed by atoms with Gasteiger partial charge < -0.3 is 10.0 Å². The van der Waals surface area contributed by atoms with Crippen LogP contribution in [-0.4, -0.2) is 29.6 Å². The number of hydrogen-bond donors (Lipinski definition) is 1. The van der Waals surface area contributed by atoms with E-state index in [1.165, 1.54) is 0 Å². The minimum Gasteiger partial charge on any atom is -0.383 e. The average Bonchev–Trinajstić information content (AvgIpc) is 2.59. The van der Waals surface area contributed by atoms with Crippen LogP contribution in [0.3, 0.4) is 0 Å². The fourth-order valence-corrected chi connectivity index (χ4v) is 3.91. The van der Waals surface area contributed by atoms with Crippen molar-refractivity contribution in [1.29, 1.82) is 0 Å². The molecule has 0 spiro atoms. The number of halogens is 1. The molecule has 1 aromatic heterocycles. The fraction of sp³-hybridized carbons (Fsp3) is 0.600. The molecule has 2 unspecified atom stereocenters. The third-order valence-corrected chi connectivity index (χ3v) is 4.97. The molecule has 0 aromatic carbocycles. The van der Waals surface area contributed by atoms with E-state index >= 15 is 0 Å². The first-order chi connectivity index (χ1) is 6.53. The molecule has 0 bridgehead atoms. The van der Waals surface area contributed by atoms with Crippen LogP contribution in [0.5, 0.6) is 0 Å². The van der Waals surface area contributed by atoms with E-state index in [0.29, 0.717) is 6.04 Å². The van der Waals surface area contributed by atoms with Gasteiger partial charge in [0.2, 0.25) is 0 Å². The van der Waals surface area contributed by atoms with Crippen LogP contribution in [0.15, 0.2) is 15.9 Å². The van der Waals surface area contributed by atoms with Crippen LogP contribution >= 0.6 is 27.3 Å². The van der Waals surface area contributed by atoms with Crippen molar-refractivity contribution in [2.75, 3.05) is 13.6 Å². The highest BCUT2D eigenvalue weighted by molar-refractivity contribution is 9.10. The van der Waals surface area contributed by atoms with Crippen molar-refractivity contribution in [2.45, 2.75) is 25.0 Å². The zero-order valence-electron chi connectivity index (χ0n) is 8.33. The fourth-order valence-electron chi connectivity index (χ4n) is 2.07. The van der Waals surface area contributed by atoms with E-state index in [1.54, 1.807) is 11.3 Å². The van der Waals surface area contributed by atoms with Crippen molar-refractivity contribution in [3.63, 3.8) is 0 Å². The summed E-state index contributed by atoms with van der Waals surface area (Å²) >= 11 is 5.11. The van der Waals surface area contributed by atoms with Crippen LogP contribution in [0.2, 0.25) is 0 Å². The summed E-state index contributed by atoms with van der Waals surface area (Å²) in [6.45, 7) is 2.88. The van der Waals surface area contributed by atoms with E-state index in [0.717, 1.165) is 22.3 Å². The number of β-amino-alcohol motifs (C(OH)–C–C–N with tert-alkyl or cyclic N) is 1. The second-order valence-electron chi connectivity index (χ2n) is 4.10. The number of hydrogen-bond acceptors (Lipinski definition) is 3. The number of rotatable bonds is 1. The molecule has 0 amide bonds. The molecule has 0 aliphatic carbocycles. The highest BCUT2D eigenvalue weighted by Gasteiger charge is 2.42. The molecule has 1 fully saturated rings. The monoisotopic (exact) mass is 275 g/mol. The maximum atomic E-state index is 10.5. The molecule has 1 aliphatic rings. The lowest BCUT2D eigenvalue weighted by molar-refractivity contribution is 0.0517. The van der Waals surface area contributed by atoms with Crippen molar-refractivity contribution in [2.24, 2.45) is 0 Å². The third-order valence-electron chi connectivity index (χ3n) is 2.94. The molecule has 78 valence electrons. The summed E-state index contributed by atoms with van der Waals surface area (Å²) < 4.78 is 1.03. The van der Waals surface area contributed by atoms with Gasteiger partial charge in [0, 0.05) is 17.1 Å². The number of likely N-dealkylation sites (N-methyl/N-ethyl adjacent to an activating group) is 1. The zero-order valence-corrected chi connectivity index (χ0v) is 10.7. The molecule has 0 radical (unpaired) electrons. The molecule has 1 N–H and O–H groups in total. The van der Waals surface area contributed by atoms with Crippen molar-refractivity contribution in [1.82, 2.24) is 4.90 Å². The normalized spacial score (nSPS) is 33.9. The van der Waals surface area contributed by atoms with Gasteiger partial charge in [-0.1, -0.05) is 0 Å². The Morgan fingerprint density at radius 2 is 2.43 bits per heavy atom. The lowest BCUT2D eigenvalue weighted by Gasteiger charge is -2.21. The second kappa shape index (κ2) is 3.59. The SMILES string of the molecule is CC1CC(O)(c2sccc2Br)CN1C. The van der Waals surface area contributed by atoms with Crippen LogP contribution in [0.4, 0.5) is 0 Å². The minimum absolute atomic E-state index is 0.453. The number of likely N-dealkylation sites (tertiary alicyclic amines) is 1. The van der Waals surface area contributed by atoms with Gasteiger partial charge in [-0.15, -0.1) is 11.3 Å². The summed E-state index contributed by atoms with van der Waals surface area (Å²) in [6, 6.07) is 2.45. The summed E-state index contributed by atoms with van der Waals surface area (Å²) in [4.78, 5) is 3.26. The van der Waals surface area contributed by atoms with Gasteiger partial charge >= 0.3 is 0 Å². The molecule has 14 heavy (non-hydrogen) atoms. The quantitative estimate of drug-likeness (QED) is 0.851. The van der Waals surface area contributed by atoms with E-state index in [2.05, 4.69) is 34.8 Å². The standard InChI is InChI=1S/C10H14BrNOS/c1-7-5-10(13,6-12(7)2)9-8(11)3-4-14-9/h3-4,7,13H,5-6H2,1-2H3. The Kier molecular flexibility index (Phi) is 2.72. The summed E-state index contributed by atoms with van der Waals surface area (Å²) in [5.74, 6) is 0. The molecular weight excluding hydrogens is 262 g/mol. The van der Waals surface area contributed by atoms with Crippen LogP contribution in [0.1, 0.15) is 18.2 Å². The van der Waals surface area contributed by atoms with Crippen molar-refractivity contribution in [3.8, 4) is 0 Å². The first kappa shape index (κ1) is 10.6. The van der Waals surface area contributed by atoms with Gasteiger partial charge in [0.15, 0.2) is 0 Å². The van der Waals surface area contributed by atoms with E-state index in [9.17, 15) is 5.11 Å². The molecule has 2 heterocycles. The molecule has 4 heteroatoms. The van der Waals surface area contributed by atoms with Gasteiger partial charge in [0.25, 0.3) is 0 Å². The molecule has 1 aliphatic heterocycles. The second-order valence-corrected chi connectivity index (χ2v) is 5.87. The molecule has 2 nitrogen and oxygen atoms in total. The van der Waals surface area contributed by atoms with Crippen LogP contribution in [0.25, 0.3) is 0 Å². The first-order valence-electron chi connectivity index (χ1n) is 4.69. The molecule has 1 aromatic rings. The van der Waals surface area contributed by atoms with Crippen molar-refractivity contribution >= 4 is 27.3 Å². The summed E-state index contributed by atoms with van der Waals surface area (Å²) in [6.07, 6.45) is 0.822. The summed E-state index contributed by atoms with van der Waals surface area (Å²) in [5.41, 5.74) is -0.652. The first-order valence-corrected chi connectivity index (χ1v) is 6.36. The Hall–Kier alpha value is 0.1000. The lowest BCUT2D eigenvalue weighted by atomic mass is 9.99. The van der Waals surface area contributed by atoms with Crippen LogP contribution < -0.4 is 0 Å². The predicted molar refractivity (Wildman–Crippen MR) is 62.6 cm³/mol. The molecular formula is C10H14BrNOS. The smallest absolute Gasteiger partial charge is 0.114 e. The maximum Gasteiger partial charge on any atom is 0.114 e. The topological polar surface area (TPSA) is 23.5 Å². The molecule has 0 saturated carbocycles. The Bertz CT molecular complexity index is 329. The summed E-state index contributed by atoms with van der Waals surface area (Å²) in [7, 11) is 2.06. The minimum atomic E-state index is -0.652. The lowest BCUT2D eigenvalue weighted by Crippen LogP contribution is -2.28. The molecule has 1 saturated heterocycles. The summed E-state index contributed by atoms with van der Waals surface area (Å²) in [5, 5.41) is 12.5. The Morgan fingerprint density at radius 3 is 2.86 bits per heavy atom. The maximum absolute atomic E-state index is 10.5. The Labute approximate surface area is 96.7 Å².